The summed E-state index contributed by atoms with van der Waals surface area (Å²) in [5, 5.41) is 10.5. The van der Waals surface area contributed by atoms with Crippen LogP contribution in [0.1, 0.15) is 27.4 Å². The molecule has 31 heavy (non-hydrogen) atoms. The smallest absolute Gasteiger partial charge is 0.337 e. The van der Waals surface area contributed by atoms with Crippen molar-refractivity contribution in [1.82, 2.24) is 15.5 Å². The van der Waals surface area contributed by atoms with Crippen molar-refractivity contribution in [3.05, 3.63) is 65.2 Å². The molecular weight excluding hydrogens is 392 g/mol. The molecule has 0 atom stereocenters. The Balaban J connectivity index is 1.22. The minimum atomic E-state index is -0.303. The first-order valence-electron chi connectivity index (χ1n) is 11.0. The summed E-state index contributed by atoms with van der Waals surface area (Å²) in [6.07, 6.45) is 1.10. The lowest BCUT2D eigenvalue weighted by molar-refractivity contribution is 0.0384. The number of esters is 1. The summed E-state index contributed by atoms with van der Waals surface area (Å²) in [5.74, 6) is 0.0510. The molecule has 2 aliphatic heterocycles. The summed E-state index contributed by atoms with van der Waals surface area (Å²) in [7, 11) is 1.40. The maximum atomic E-state index is 11.6. The fourth-order valence-electron chi connectivity index (χ4n) is 4.06. The van der Waals surface area contributed by atoms with Crippen molar-refractivity contribution < 1.29 is 14.3 Å². The first kappa shape index (κ1) is 21.8. The van der Waals surface area contributed by atoms with E-state index in [1.807, 2.05) is 24.3 Å². The van der Waals surface area contributed by atoms with Gasteiger partial charge in [-0.2, -0.15) is 0 Å². The van der Waals surface area contributed by atoms with Gasteiger partial charge >= 0.3 is 5.97 Å². The third-order valence-corrected chi connectivity index (χ3v) is 6.03. The van der Waals surface area contributed by atoms with Gasteiger partial charge in [-0.05, 0) is 41.8 Å². The number of carbonyl (C=O) groups excluding carboxylic acids is 1. The highest BCUT2D eigenvalue weighted by Crippen LogP contribution is 2.19. The number of rotatable bonds is 7. The van der Waals surface area contributed by atoms with Crippen molar-refractivity contribution in [2.24, 2.45) is 0 Å². The maximum Gasteiger partial charge on any atom is 0.337 e. The Labute approximate surface area is 184 Å². The molecule has 166 valence electrons. The average molecular weight is 425 g/mol. The Morgan fingerprint density at radius 2 is 1.74 bits per heavy atom. The van der Waals surface area contributed by atoms with E-state index in [1.54, 1.807) is 0 Å². The predicted molar refractivity (Wildman–Crippen MR) is 121 cm³/mol. The zero-order valence-electron chi connectivity index (χ0n) is 18.1. The molecule has 2 aromatic carbocycles. The Hall–Kier alpha value is -2.45. The number of benzene rings is 2. The lowest BCUT2D eigenvalue weighted by atomic mass is 9.96. The van der Waals surface area contributed by atoms with Crippen molar-refractivity contribution in [1.29, 1.82) is 0 Å². The highest BCUT2D eigenvalue weighted by atomic mass is 16.5. The molecule has 0 amide bonds. The van der Waals surface area contributed by atoms with Gasteiger partial charge in [0, 0.05) is 44.3 Å². The molecule has 0 radical (unpaired) electrons. The lowest BCUT2D eigenvalue weighted by Gasteiger charge is -2.32. The molecule has 7 heteroatoms. The number of ether oxygens (including phenoxy) is 2. The minimum Gasteiger partial charge on any atom is -0.465 e. The fraction of sp³-hybridized carbons (Fsp3) is 0.458. The molecule has 0 unspecified atom stereocenters. The zero-order valence-corrected chi connectivity index (χ0v) is 18.1. The van der Waals surface area contributed by atoms with E-state index in [-0.39, 0.29) is 12.3 Å². The Morgan fingerprint density at radius 3 is 2.39 bits per heavy atom. The van der Waals surface area contributed by atoms with E-state index in [9.17, 15) is 4.79 Å². The number of methoxy groups -OCH3 is 1. The van der Waals surface area contributed by atoms with Gasteiger partial charge in [0.2, 0.25) is 0 Å². The van der Waals surface area contributed by atoms with Crippen molar-refractivity contribution in [2.45, 2.75) is 18.6 Å². The summed E-state index contributed by atoms with van der Waals surface area (Å²) < 4.78 is 10.2. The quantitative estimate of drug-likeness (QED) is 0.587. The van der Waals surface area contributed by atoms with Crippen LogP contribution in [-0.4, -0.2) is 70.2 Å². The highest BCUT2D eigenvalue weighted by molar-refractivity contribution is 5.89. The molecule has 0 bridgehead atoms. The van der Waals surface area contributed by atoms with Crippen LogP contribution in [0.4, 0.5) is 5.69 Å². The third kappa shape index (κ3) is 6.04. The number of hydrogen-bond donors (Lipinski definition) is 3. The SMILES string of the molecule is COC(=O)c1ccc(C2CNC(Nc3ccc(CCN4CCOCC4)cc3)NC2)cc1. The van der Waals surface area contributed by atoms with E-state index in [4.69, 9.17) is 9.47 Å². The second-order valence-corrected chi connectivity index (χ2v) is 8.11. The number of morpholine rings is 1. The molecule has 2 fully saturated rings. The second kappa shape index (κ2) is 10.7. The van der Waals surface area contributed by atoms with Crippen LogP contribution in [0.5, 0.6) is 0 Å². The van der Waals surface area contributed by atoms with Gasteiger partial charge in [0.1, 0.15) is 6.29 Å². The first-order valence-corrected chi connectivity index (χ1v) is 11.0. The predicted octanol–water partition coefficient (Wildman–Crippen LogP) is 2.02. The largest absolute Gasteiger partial charge is 0.465 e. The van der Waals surface area contributed by atoms with E-state index in [0.29, 0.717) is 11.5 Å². The molecule has 7 nitrogen and oxygen atoms in total. The minimum absolute atomic E-state index is 0.0322. The number of nitrogens with one attached hydrogen (secondary N) is 3. The lowest BCUT2D eigenvalue weighted by Crippen LogP contribution is -2.55. The van der Waals surface area contributed by atoms with Crippen LogP contribution in [0.3, 0.4) is 0 Å². The summed E-state index contributed by atoms with van der Waals surface area (Å²) >= 11 is 0. The summed E-state index contributed by atoms with van der Waals surface area (Å²) in [6, 6.07) is 16.4. The van der Waals surface area contributed by atoms with Crippen LogP contribution in [-0.2, 0) is 15.9 Å². The molecule has 0 saturated carbocycles. The zero-order chi connectivity index (χ0) is 21.5. The van der Waals surface area contributed by atoms with Gasteiger partial charge in [0.05, 0.1) is 25.9 Å². The van der Waals surface area contributed by atoms with Crippen LogP contribution in [0.15, 0.2) is 48.5 Å². The van der Waals surface area contributed by atoms with Crippen molar-refractivity contribution in [3.63, 3.8) is 0 Å². The van der Waals surface area contributed by atoms with Gasteiger partial charge in [-0.3, -0.25) is 15.5 Å². The van der Waals surface area contributed by atoms with Crippen LogP contribution >= 0.6 is 0 Å². The molecule has 3 N–H and O–H groups in total. The molecule has 2 saturated heterocycles. The van der Waals surface area contributed by atoms with Crippen molar-refractivity contribution in [3.8, 4) is 0 Å². The third-order valence-electron chi connectivity index (χ3n) is 6.03. The van der Waals surface area contributed by atoms with Gasteiger partial charge < -0.3 is 14.8 Å². The molecule has 2 aromatic rings. The topological polar surface area (TPSA) is 74.9 Å². The van der Waals surface area contributed by atoms with Crippen molar-refractivity contribution >= 4 is 11.7 Å². The molecule has 0 spiro atoms. The van der Waals surface area contributed by atoms with Crippen LogP contribution < -0.4 is 16.0 Å². The van der Waals surface area contributed by atoms with E-state index >= 15 is 0 Å². The van der Waals surface area contributed by atoms with Gasteiger partial charge in [-0.15, -0.1) is 0 Å². The highest BCUT2D eigenvalue weighted by Gasteiger charge is 2.21. The monoisotopic (exact) mass is 424 g/mol. The van der Waals surface area contributed by atoms with E-state index in [0.717, 1.165) is 58.0 Å². The fourth-order valence-corrected chi connectivity index (χ4v) is 4.06. The van der Waals surface area contributed by atoms with Gasteiger partial charge in [-0.1, -0.05) is 24.3 Å². The standard InChI is InChI=1S/C24H32N4O3/c1-30-23(29)20-6-4-19(5-7-20)21-16-25-24(26-17-21)27-22-8-2-18(3-9-22)10-11-28-12-14-31-15-13-28/h2-9,21,24-27H,10-17H2,1H3. The molecule has 0 aliphatic carbocycles. The van der Waals surface area contributed by atoms with Gasteiger partial charge in [0.15, 0.2) is 0 Å². The van der Waals surface area contributed by atoms with Gasteiger partial charge in [-0.25, -0.2) is 4.79 Å². The Bertz CT molecular complexity index is 827. The number of carbonyl (C=O) groups is 1. The molecule has 4 rings (SSSR count). The average Bonchev–Trinajstić information content (AvgIpc) is 2.84. The van der Waals surface area contributed by atoms with E-state index in [1.165, 1.54) is 18.2 Å². The first-order chi connectivity index (χ1) is 15.2. The van der Waals surface area contributed by atoms with Crippen molar-refractivity contribution in [2.75, 3.05) is 58.4 Å². The number of nitrogens with zero attached hydrogens (tertiary/aromatic N) is 1. The Morgan fingerprint density at radius 1 is 1.06 bits per heavy atom. The second-order valence-electron chi connectivity index (χ2n) is 8.11. The van der Waals surface area contributed by atoms with Crippen LogP contribution in [0.25, 0.3) is 0 Å². The summed E-state index contributed by atoms with van der Waals surface area (Å²) in [4.78, 5) is 14.0. The molecular formula is C24H32N4O3. The number of hydrogen-bond acceptors (Lipinski definition) is 7. The number of anilines is 1. The maximum absolute atomic E-state index is 11.6. The molecule has 2 aliphatic rings. The summed E-state index contributed by atoms with van der Waals surface area (Å²) in [5.41, 5.74) is 4.24. The summed E-state index contributed by atoms with van der Waals surface area (Å²) in [6.45, 7) is 6.58. The molecule has 0 aromatic heterocycles. The van der Waals surface area contributed by atoms with Crippen LogP contribution in [0, 0.1) is 0 Å². The van der Waals surface area contributed by atoms with E-state index < -0.39 is 0 Å². The van der Waals surface area contributed by atoms with E-state index in [2.05, 4.69) is 45.1 Å². The molecule has 2 heterocycles. The normalized spacial score (nSPS) is 22.1. The van der Waals surface area contributed by atoms with Gasteiger partial charge in [0.25, 0.3) is 0 Å². The Kier molecular flexibility index (Phi) is 7.53. The van der Waals surface area contributed by atoms with Crippen LogP contribution in [0.2, 0.25) is 0 Å².